The highest BCUT2D eigenvalue weighted by molar-refractivity contribution is 6.05. The molecule has 0 aliphatic carbocycles. The maximum atomic E-state index is 13.3. The first-order valence-corrected chi connectivity index (χ1v) is 10.9. The van der Waals surface area contributed by atoms with Crippen molar-refractivity contribution in [2.45, 2.75) is 13.2 Å². The Balaban J connectivity index is 1.31. The van der Waals surface area contributed by atoms with Gasteiger partial charge in [0.15, 0.2) is 0 Å². The lowest BCUT2D eigenvalue weighted by molar-refractivity contribution is 0.0947. The van der Waals surface area contributed by atoms with E-state index in [-0.39, 0.29) is 29.1 Å². The van der Waals surface area contributed by atoms with Crippen molar-refractivity contribution in [3.8, 4) is 11.5 Å². The molecule has 0 unspecified atom stereocenters. The third-order valence-corrected chi connectivity index (χ3v) is 5.11. The quantitative estimate of drug-likeness (QED) is 0.329. The van der Waals surface area contributed by atoms with Gasteiger partial charge in [0.1, 0.15) is 29.7 Å². The summed E-state index contributed by atoms with van der Waals surface area (Å²) in [5.74, 6) is -2.77. The molecule has 3 aromatic carbocycles. The van der Waals surface area contributed by atoms with Crippen molar-refractivity contribution in [3.05, 3.63) is 119 Å². The minimum Gasteiger partial charge on any atom is -0.507 e. The number of nitrogens with zero attached hydrogens (tertiary/aromatic N) is 1. The van der Waals surface area contributed by atoms with E-state index in [9.17, 15) is 23.5 Å². The molecule has 9 heteroatoms. The zero-order chi connectivity index (χ0) is 25.5. The van der Waals surface area contributed by atoms with E-state index < -0.39 is 23.4 Å². The number of halogens is 2. The summed E-state index contributed by atoms with van der Waals surface area (Å²) in [5.41, 5.74) is 1.56. The highest BCUT2D eigenvalue weighted by Gasteiger charge is 2.14. The SMILES string of the molecule is O=C(Nc1ccc(C(=O)NCc2ccc(OCc3ccccn3)cc2)c(O)c1)c1cc(F)cc(F)c1. The minimum absolute atomic E-state index is 0.000105. The lowest BCUT2D eigenvalue weighted by Crippen LogP contribution is -2.23. The van der Waals surface area contributed by atoms with Crippen LogP contribution in [0.1, 0.15) is 32.0 Å². The Bertz CT molecular complexity index is 1360. The maximum Gasteiger partial charge on any atom is 0.255 e. The number of anilines is 1. The summed E-state index contributed by atoms with van der Waals surface area (Å²) in [6.45, 7) is 0.550. The second-order valence-electron chi connectivity index (χ2n) is 7.78. The summed E-state index contributed by atoms with van der Waals surface area (Å²) in [5, 5.41) is 15.4. The summed E-state index contributed by atoms with van der Waals surface area (Å²) in [4.78, 5) is 28.9. The van der Waals surface area contributed by atoms with Gasteiger partial charge in [-0.15, -0.1) is 0 Å². The Morgan fingerprint density at radius 1 is 0.889 bits per heavy atom. The third kappa shape index (κ3) is 6.41. The number of amides is 2. The minimum atomic E-state index is -0.887. The van der Waals surface area contributed by atoms with E-state index in [1.165, 1.54) is 18.2 Å². The van der Waals surface area contributed by atoms with Gasteiger partial charge in [-0.3, -0.25) is 14.6 Å². The van der Waals surface area contributed by atoms with Crippen LogP contribution in [0.5, 0.6) is 11.5 Å². The van der Waals surface area contributed by atoms with E-state index >= 15 is 0 Å². The number of carbonyl (C=O) groups is 2. The Hall–Kier alpha value is -4.79. The molecule has 0 spiro atoms. The molecular formula is C27H21F2N3O4. The summed E-state index contributed by atoms with van der Waals surface area (Å²) < 4.78 is 32.4. The first-order chi connectivity index (χ1) is 17.4. The second kappa shape index (κ2) is 11.1. The predicted octanol–water partition coefficient (Wildman–Crippen LogP) is 4.83. The molecule has 2 amide bonds. The summed E-state index contributed by atoms with van der Waals surface area (Å²) in [6, 6.07) is 19.1. The Morgan fingerprint density at radius 2 is 1.64 bits per heavy atom. The van der Waals surface area contributed by atoms with Crippen LogP contribution in [0.2, 0.25) is 0 Å². The van der Waals surface area contributed by atoms with Crippen molar-refractivity contribution < 1.29 is 28.2 Å². The number of benzene rings is 3. The lowest BCUT2D eigenvalue weighted by atomic mass is 10.1. The number of aromatic hydroxyl groups is 1. The van der Waals surface area contributed by atoms with Gasteiger partial charge in [-0.05, 0) is 54.1 Å². The molecule has 4 rings (SSSR count). The maximum absolute atomic E-state index is 13.3. The normalized spacial score (nSPS) is 10.5. The van der Waals surface area contributed by atoms with Crippen LogP contribution in [0.25, 0.3) is 0 Å². The van der Waals surface area contributed by atoms with E-state index in [0.29, 0.717) is 18.4 Å². The van der Waals surface area contributed by atoms with Gasteiger partial charge in [-0.1, -0.05) is 18.2 Å². The van der Waals surface area contributed by atoms with Gasteiger partial charge in [-0.25, -0.2) is 8.78 Å². The molecule has 0 saturated carbocycles. The van der Waals surface area contributed by atoms with Gasteiger partial charge in [0.25, 0.3) is 11.8 Å². The van der Waals surface area contributed by atoms with Crippen LogP contribution in [0.15, 0.2) is 85.1 Å². The number of ether oxygens (including phenoxy) is 1. The van der Waals surface area contributed by atoms with Crippen LogP contribution < -0.4 is 15.4 Å². The molecule has 1 heterocycles. The van der Waals surface area contributed by atoms with Crippen LogP contribution in [-0.4, -0.2) is 21.9 Å². The third-order valence-electron chi connectivity index (χ3n) is 5.11. The van der Waals surface area contributed by atoms with Crippen molar-refractivity contribution in [2.75, 3.05) is 5.32 Å². The Kier molecular flexibility index (Phi) is 7.50. The topological polar surface area (TPSA) is 101 Å². The molecule has 0 fully saturated rings. The predicted molar refractivity (Wildman–Crippen MR) is 129 cm³/mol. The van der Waals surface area contributed by atoms with Crippen LogP contribution >= 0.6 is 0 Å². The Morgan fingerprint density at radius 3 is 2.31 bits per heavy atom. The number of nitrogens with one attached hydrogen (secondary N) is 2. The Labute approximate surface area is 205 Å². The smallest absolute Gasteiger partial charge is 0.255 e. The standard InChI is InChI=1S/C27H21F2N3O4/c28-19-11-18(12-20(29)13-19)26(34)32-21-6-9-24(25(33)14-21)27(35)31-15-17-4-7-23(8-5-17)36-16-22-3-1-2-10-30-22/h1-14,33H,15-16H2,(H,31,35)(H,32,34). The number of rotatable bonds is 8. The molecule has 1 aromatic heterocycles. The van der Waals surface area contributed by atoms with Gasteiger partial charge in [0.05, 0.1) is 11.3 Å². The number of hydrogen-bond acceptors (Lipinski definition) is 5. The molecule has 7 nitrogen and oxygen atoms in total. The number of carbonyl (C=O) groups excluding carboxylic acids is 2. The fraction of sp³-hybridized carbons (Fsp3) is 0.0741. The zero-order valence-corrected chi connectivity index (χ0v) is 18.9. The molecule has 3 N–H and O–H groups in total. The van der Waals surface area contributed by atoms with Gasteiger partial charge < -0.3 is 20.5 Å². The number of phenols is 1. The average molecular weight is 489 g/mol. The molecule has 0 saturated heterocycles. The average Bonchev–Trinajstić information content (AvgIpc) is 2.87. The number of pyridine rings is 1. The molecule has 4 aromatic rings. The molecule has 0 aliphatic rings. The molecular weight excluding hydrogens is 468 g/mol. The fourth-order valence-electron chi connectivity index (χ4n) is 3.31. The molecule has 0 radical (unpaired) electrons. The highest BCUT2D eigenvalue weighted by Crippen LogP contribution is 2.23. The van der Waals surface area contributed by atoms with Crippen LogP contribution in [0.3, 0.4) is 0 Å². The fourth-order valence-corrected chi connectivity index (χ4v) is 3.31. The van der Waals surface area contributed by atoms with Crippen molar-refractivity contribution in [3.63, 3.8) is 0 Å². The van der Waals surface area contributed by atoms with E-state index in [1.807, 2.05) is 30.3 Å². The number of aromatic nitrogens is 1. The monoisotopic (exact) mass is 489 g/mol. The van der Waals surface area contributed by atoms with E-state index in [4.69, 9.17) is 4.74 Å². The lowest BCUT2D eigenvalue weighted by Gasteiger charge is -2.11. The van der Waals surface area contributed by atoms with Gasteiger partial charge in [-0.2, -0.15) is 0 Å². The van der Waals surface area contributed by atoms with Gasteiger partial charge >= 0.3 is 0 Å². The van der Waals surface area contributed by atoms with Crippen LogP contribution in [-0.2, 0) is 13.2 Å². The molecule has 182 valence electrons. The molecule has 0 aliphatic heterocycles. The summed E-state index contributed by atoms with van der Waals surface area (Å²) in [6.07, 6.45) is 1.70. The van der Waals surface area contributed by atoms with Crippen molar-refractivity contribution >= 4 is 17.5 Å². The number of phenolic OH excluding ortho intramolecular Hbond substituents is 1. The van der Waals surface area contributed by atoms with Gasteiger partial charge in [0, 0.05) is 36.1 Å². The largest absolute Gasteiger partial charge is 0.507 e. The second-order valence-corrected chi connectivity index (χ2v) is 7.78. The number of hydrogen-bond donors (Lipinski definition) is 3. The van der Waals surface area contributed by atoms with Crippen molar-refractivity contribution in [1.82, 2.24) is 10.3 Å². The first-order valence-electron chi connectivity index (χ1n) is 10.9. The van der Waals surface area contributed by atoms with Crippen LogP contribution in [0, 0.1) is 11.6 Å². The zero-order valence-electron chi connectivity index (χ0n) is 18.9. The molecule has 0 bridgehead atoms. The van der Waals surface area contributed by atoms with Crippen molar-refractivity contribution in [1.29, 1.82) is 0 Å². The van der Waals surface area contributed by atoms with Crippen molar-refractivity contribution in [2.24, 2.45) is 0 Å². The summed E-state index contributed by atoms with van der Waals surface area (Å²) in [7, 11) is 0. The van der Waals surface area contributed by atoms with Gasteiger partial charge in [0.2, 0.25) is 0 Å². The van der Waals surface area contributed by atoms with Crippen LogP contribution in [0.4, 0.5) is 14.5 Å². The molecule has 0 atom stereocenters. The van der Waals surface area contributed by atoms with E-state index in [2.05, 4.69) is 15.6 Å². The van der Waals surface area contributed by atoms with E-state index in [1.54, 1.807) is 18.3 Å². The van der Waals surface area contributed by atoms with E-state index in [0.717, 1.165) is 23.4 Å². The molecule has 36 heavy (non-hydrogen) atoms. The first kappa shape index (κ1) is 24.3. The summed E-state index contributed by atoms with van der Waals surface area (Å²) >= 11 is 0. The highest BCUT2D eigenvalue weighted by atomic mass is 19.1.